The van der Waals surface area contributed by atoms with Gasteiger partial charge < -0.3 is 14.8 Å². The minimum Gasteiger partial charge on any atom is -0.497 e. The lowest BCUT2D eigenvalue weighted by atomic mass is 10.2. The molecule has 0 saturated carbocycles. The van der Waals surface area contributed by atoms with E-state index in [1.54, 1.807) is 18.2 Å². The minimum absolute atomic E-state index is 0.128. The van der Waals surface area contributed by atoms with Crippen molar-refractivity contribution in [3.05, 3.63) is 63.7 Å². The van der Waals surface area contributed by atoms with Gasteiger partial charge in [0.25, 0.3) is 17.5 Å². The van der Waals surface area contributed by atoms with Gasteiger partial charge in [-0.1, -0.05) is 0 Å². The summed E-state index contributed by atoms with van der Waals surface area (Å²) in [7, 11) is 3.03. The molecule has 0 bridgehead atoms. The van der Waals surface area contributed by atoms with Crippen molar-refractivity contribution in [2.75, 3.05) is 20.8 Å². The van der Waals surface area contributed by atoms with Crippen molar-refractivity contribution in [1.82, 2.24) is 10.7 Å². The second kappa shape index (κ2) is 9.67. The molecule has 28 heavy (non-hydrogen) atoms. The predicted molar refractivity (Wildman–Crippen MR) is 101 cm³/mol. The lowest BCUT2D eigenvalue weighted by Gasteiger charge is -2.07. The van der Waals surface area contributed by atoms with E-state index in [1.807, 2.05) is 0 Å². The standard InChI is InChI=1S/C18H18N4O6/c1-27-15-7-8-16(28-2)13(9-15)10-20-21-17(23)11-19-18(24)12-3-5-14(6-4-12)22(25)26/h3-10H,11H2,1-2H3,(H,19,24)(H,21,23)/b20-10-. The number of methoxy groups -OCH3 is 2. The van der Waals surface area contributed by atoms with Crippen LogP contribution in [0.3, 0.4) is 0 Å². The highest BCUT2D eigenvalue weighted by molar-refractivity contribution is 5.96. The predicted octanol–water partition coefficient (Wildman–Crippen LogP) is 1.49. The number of nitro benzene ring substituents is 1. The molecule has 0 saturated heterocycles. The van der Waals surface area contributed by atoms with Crippen LogP contribution in [0.5, 0.6) is 11.5 Å². The van der Waals surface area contributed by atoms with E-state index in [-0.39, 0.29) is 17.8 Å². The number of carbonyl (C=O) groups excluding carboxylic acids is 2. The third kappa shape index (κ3) is 5.53. The van der Waals surface area contributed by atoms with Gasteiger partial charge in [-0.15, -0.1) is 0 Å². The van der Waals surface area contributed by atoms with Crippen LogP contribution in [0.15, 0.2) is 47.6 Å². The SMILES string of the molecule is COc1ccc(OC)c(/C=N\NC(=O)CNC(=O)c2ccc([N+](=O)[O-])cc2)c1. The normalized spacial score (nSPS) is 10.4. The van der Waals surface area contributed by atoms with Gasteiger partial charge in [-0.3, -0.25) is 19.7 Å². The Morgan fingerprint density at radius 1 is 1.14 bits per heavy atom. The lowest BCUT2D eigenvalue weighted by molar-refractivity contribution is -0.384. The zero-order chi connectivity index (χ0) is 20.5. The molecule has 0 spiro atoms. The molecule has 0 aliphatic rings. The van der Waals surface area contributed by atoms with E-state index in [4.69, 9.17) is 9.47 Å². The van der Waals surface area contributed by atoms with Crippen LogP contribution in [0.1, 0.15) is 15.9 Å². The molecule has 2 N–H and O–H groups in total. The fourth-order valence-electron chi connectivity index (χ4n) is 2.15. The van der Waals surface area contributed by atoms with Crippen molar-refractivity contribution < 1.29 is 24.0 Å². The summed E-state index contributed by atoms with van der Waals surface area (Å²) < 4.78 is 10.3. The fourth-order valence-corrected chi connectivity index (χ4v) is 2.15. The largest absolute Gasteiger partial charge is 0.497 e. The van der Waals surface area contributed by atoms with E-state index in [9.17, 15) is 19.7 Å². The summed E-state index contributed by atoms with van der Waals surface area (Å²) in [6, 6.07) is 10.1. The second-order valence-electron chi connectivity index (χ2n) is 5.39. The molecule has 0 fully saturated rings. The first-order chi connectivity index (χ1) is 13.4. The molecule has 10 heteroatoms. The zero-order valence-electron chi connectivity index (χ0n) is 15.2. The van der Waals surface area contributed by atoms with Crippen LogP contribution < -0.4 is 20.2 Å². The number of rotatable bonds is 8. The molecule has 146 valence electrons. The van der Waals surface area contributed by atoms with Gasteiger partial charge in [-0.2, -0.15) is 5.10 Å². The summed E-state index contributed by atoms with van der Waals surface area (Å²) in [5.74, 6) is 0.0612. The molecular weight excluding hydrogens is 368 g/mol. The smallest absolute Gasteiger partial charge is 0.269 e. The maximum absolute atomic E-state index is 11.9. The topological polar surface area (TPSA) is 132 Å². The molecule has 0 aromatic heterocycles. The van der Waals surface area contributed by atoms with Gasteiger partial charge in [-0.25, -0.2) is 5.43 Å². The van der Waals surface area contributed by atoms with E-state index < -0.39 is 16.7 Å². The van der Waals surface area contributed by atoms with Crippen LogP contribution in [0.4, 0.5) is 5.69 Å². The average Bonchev–Trinajstić information content (AvgIpc) is 2.71. The molecule has 10 nitrogen and oxygen atoms in total. The molecule has 2 rings (SSSR count). The number of amides is 2. The molecule has 0 aliphatic carbocycles. The molecule has 0 heterocycles. The maximum Gasteiger partial charge on any atom is 0.269 e. The molecule has 2 aromatic carbocycles. The Hall–Kier alpha value is -3.95. The van der Waals surface area contributed by atoms with Crippen LogP contribution in [-0.4, -0.2) is 43.7 Å². The van der Waals surface area contributed by atoms with Crippen molar-refractivity contribution in [2.24, 2.45) is 5.10 Å². The summed E-state index contributed by atoms with van der Waals surface area (Å²) in [6.07, 6.45) is 1.39. The van der Waals surface area contributed by atoms with E-state index in [0.29, 0.717) is 17.1 Å². The third-order valence-electron chi connectivity index (χ3n) is 3.58. The highest BCUT2D eigenvalue weighted by atomic mass is 16.6. The zero-order valence-corrected chi connectivity index (χ0v) is 15.2. The number of nitro groups is 1. The van der Waals surface area contributed by atoms with E-state index in [0.717, 1.165) is 0 Å². The number of nitrogens with zero attached hydrogens (tertiary/aromatic N) is 2. The minimum atomic E-state index is -0.565. The summed E-state index contributed by atoms with van der Waals surface area (Å²) in [6.45, 7) is -0.317. The summed E-state index contributed by atoms with van der Waals surface area (Å²) >= 11 is 0. The monoisotopic (exact) mass is 386 g/mol. The summed E-state index contributed by atoms with van der Waals surface area (Å²) in [5.41, 5.74) is 2.94. The number of non-ortho nitro benzene ring substituents is 1. The number of nitrogens with one attached hydrogen (secondary N) is 2. The van der Waals surface area contributed by atoms with Gasteiger partial charge in [0.05, 0.1) is 31.9 Å². The molecule has 2 amide bonds. The van der Waals surface area contributed by atoms with Crippen molar-refractivity contribution >= 4 is 23.7 Å². The first-order valence-corrected chi connectivity index (χ1v) is 8.01. The van der Waals surface area contributed by atoms with Crippen LogP contribution in [0.2, 0.25) is 0 Å². The second-order valence-corrected chi connectivity index (χ2v) is 5.39. The van der Waals surface area contributed by atoms with Crippen molar-refractivity contribution in [2.45, 2.75) is 0 Å². The lowest BCUT2D eigenvalue weighted by Crippen LogP contribution is -2.34. The Bertz CT molecular complexity index is 895. The average molecular weight is 386 g/mol. The van der Waals surface area contributed by atoms with E-state index in [2.05, 4.69) is 15.8 Å². The van der Waals surface area contributed by atoms with Crippen molar-refractivity contribution in [3.63, 3.8) is 0 Å². The fraction of sp³-hybridized carbons (Fsp3) is 0.167. The maximum atomic E-state index is 11.9. The van der Waals surface area contributed by atoms with Gasteiger partial charge in [0.15, 0.2) is 0 Å². The van der Waals surface area contributed by atoms with Crippen LogP contribution in [0, 0.1) is 10.1 Å². The molecule has 0 radical (unpaired) electrons. The van der Waals surface area contributed by atoms with Gasteiger partial charge >= 0.3 is 0 Å². The molecule has 0 atom stereocenters. The molecule has 0 unspecified atom stereocenters. The Labute approximate surface area is 160 Å². The Morgan fingerprint density at radius 3 is 2.46 bits per heavy atom. The van der Waals surface area contributed by atoms with Gasteiger partial charge in [-0.05, 0) is 30.3 Å². The highest BCUT2D eigenvalue weighted by Gasteiger charge is 2.10. The number of hydrazone groups is 1. The number of hydrogen-bond acceptors (Lipinski definition) is 7. The Balaban J connectivity index is 1.88. The van der Waals surface area contributed by atoms with Crippen LogP contribution in [0.25, 0.3) is 0 Å². The third-order valence-corrected chi connectivity index (χ3v) is 3.58. The summed E-state index contributed by atoms with van der Waals surface area (Å²) in [5, 5.41) is 16.8. The molecule has 2 aromatic rings. The quantitative estimate of drug-likeness (QED) is 0.401. The first kappa shape index (κ1) is 20.4. The Morgan fingerprint density at radius 2 is 1.86 bits per heavy atom. The van der Waals surface area contributed by atoms with Gasteiger partial charge in [0.1, 0.15) is 11.5 Å². The molecule has 0 aliphatic heterocycles. The van der Waals surface area contributed by atoms with E-state index >= 15 is 0 Å². The van der Waals surface area contributed by atoms with E-state index in [1.165, 1.54) is 44.7 Å². The van der Waals surface area contributed by atoms with Crippen molar-refractivity contribution in [1.29, 1.82) is 0 Å². The number of carbonyl (C=O) groups is 2. The number of hydrogen-bond donors (Lipinski definition) is 2. The van der Waals surface area contributed by atoms with Crippen molar-refractivity contribution in [3.8, 4) is 11.5 Å². The first-order valence-electron chi connectivity index (χ1n) is 8.01. The highest BCUT2D eigenvalue weighted by Crippen LogP contribution is 2.22. The summed E-state index contributed by atoms with van der Waals surface area (Å²) in [4.78, 5) is 33.8. The Kier molecular flexibility index (Phi) is 7.03. The number of ether oxygens (including phenoxy) is 2. The molecular formula is C18H18N4O6. The van der Waals surface area contributed by atoms with Crippen LogP contribution in [-0.2, 0) is 4.79 Å². The van der Waals surface area contributed by atoms with Crippen LogP contribution >= 0.6 is 0 Å². The number of benzene rings is 2. The van der Waals surface area contributed by atoms with Gasteiger partial charge in [0.2, 0.25) is 0 Å². The van der Waals surface area contributed by atoms with Gasteiger partial charge in [0, 0.05) is 23.3 Å².